The lowest BCUT2D eigenvalue weighted by Crippen LogP contribution is -2.49. The Morgan fingerprint density at radius 3 is 2.62 bits per heavy atom. The van der Waals surface area contributed by atoms with E-state index in [1.165, 1.54) is 18.4 Å². The zero-order chi connectivity index (χ0) is 18.2. The van der Waals surface area contributed by atoms with Crippen LogP contribution in [0.1, 0.15) is 37.7 Å². The topological polar surface area (TPSA) is 42.0 Å². The first-order valence-electron chi connectivity index (χ1n) is 9.99. The fraction of sp³-hybridized carbons (Fsp3) is 0.667. The maximum Gasteiger partial charge on any atom is 0.223 e. The van der Waals surface area contributed by atoms with Crippen molar-refractivity contribution >= 4 is 5.91 Å². The highest BCUT2D eigenvalue weighted by Crippen LogP contribution is 2.20. The van der Waals surface area contributed by atoms with E-state index < -0.39 is 0 Å². The van der Waals surface area contributed by atoms with E-state index in [-0.39, 0.29) is 0 Å². The highest BCUT2D eigenvalue weighted by molar-refractivity contribution is 5.77. The molecule has 0 aromatic heterocycles. The Kier molecular flexibility index (Phi) is 7.32. The van der Waals surface area contributed by atoms with E-state index >= 15 is 0 Å². The molecule has 26 heavy (non-hydrogen) atoms. The molecule has 0 radical (unpaired) electrons. The van der Waals surface area contributed by atoms with Crippen LogP contribution in [-0.4, -0.2) is 68.3 Å². The quantitative estimate of drug-likeness (QED) is 0.782. The van der Waals surface area contributed by atoms with Gasteiger partial charge in [-0.1, -0.05) is 25.0 Å². The molecule has 0 N–H and O–H groups in total. The second kappa shape index (κ2) is 9.93. The van der Waals surface area contributed by atoms with Crippen molar-refractivity contribution in [3.8, 4) is 5.75 Å². The van der Waals surface area contributed by atoms with E-state index in [1.807, 2.05) is 12.1 Å². The summed E-state index contributed by atoms with van der Waals surface area (Å²) in [6, 6.07) is 8.40. The van der Waals surface area contributed by atoms with Crippen molar-refractivity contribution in [3.05, 3.63) is 29.8 Å². The summed E-state index contributed by atoms with van der Waals surface area (Å²) in [4.78, 5) is 17.6. The Balaban J connectivity index is 1.56. The van der Waals surface area contributed by atoms with Gasteiger partial charge >= 0.3 is 0 Å². The molecule has 2 fully saturated rings. The summed E-state index contributed by atoms with van der Waals surface area (Å²) in [6.07, 6.45) is 6.12. The molecule has 5 nitrogen and oxygen atoms in total. The van der Waals surface area contributed by atoms with Gasteiger partial charge in [-0.25, -0.2) is 0 Å². The number of hydrogen-bond acceptors (Lipinski definition) is 4. The molecular formula is C21H32N2O3. The lowest BCUT2D eigenvalue weighted by Gasteiger charge is -2.36. The molecule has 0 saturated carbocycles. The first-order chi connectivity index (χ1) is 12.8. The van der Waals surface area contributed by atoms with E-state index in [2.05, 4.69) is 21.9 Å². The van der Waals surface area contributed by atoms with Crippen LogP contribution in [0.15, 0.2) is 24.3 Å². The fourth-order valence-electron chi connectivity index (χ4n) is 3.96. The number of methoxy groups -OCH3 is 1. The van der Waals surface area contributed by atoms with E-state index in [9.17, 15) is 4.79 Å². The zero-order valence-electron chi connectivity index (χ0n) is 16.0. The van der Waals surface area contributed by atoms with Crippen LogP contribution in [0, 0.1) is 0 Å². The third-order valence-corrected chi connectivity index (χ3v) is 5.56. The van der Waals surface area contributed by atoms with Crippen molar-refractivity contribution in [1.29, 1.82) is 0 Å². The van der Waals surface area contributed by atoms with Crippen molar-refractivity contribution in [2.45, 2.75) is 44.6 Å². The predicted molar refractivity (Wildman–Crippen MR) is 103 cm³/mol. The standard InChI is InChI=1S/C21H32N2O3/c1-25-20-9-6-18(7-10-20)8-11-21(24)23-12-4-2-3-5-19(23)17-22-13-15-26-16-14-22/h6-7,9-10,19H,2-5,8,11-17H2,1H3. The fourth-order valence-corrected chi connectivity index (χ4v) is 3.96. The molecular weight excluding hydrogens is 328 g/mol. The average molecular weight is 360 g/mol. The second-order valence-electron chi connectivity index (χ2n) is 7.35. The van der Waals surface area contributed by atoms with Crippen LogP contribution in [0.3, 0.4) is 0 Å². The molecule has 2 saturated heterocycles. The number of hydrogen-bond donors (Lipinski definition) is 0. The minimum atomic E-state index is 0.306. The number of morpholine rings is 1. The molecule has 1 aromatic rings. The van der Waals surface area contributed by atoms with Gasteiger partial charge in [0.25, 0.3) is 0 Å². The van der Waals surface area contributed by atoms with Gasteiger partial charge in [0.1, 0.15) is 5.75 Å². The molecule has 0 aliphatic carbocycles. The van der Waals surface area contributed by atoms with E-state index in [0.717, 1.165) is 64.4 Å². The van der Waals surface area contributed by atoms with Gasteiger partial charge in [-0.05, 0) is 37.0 Å². The lowest BCUT2D eigenvalue weighted by atomic mass is 10.1. The van der Waals surface area contributed by atoms with Crippen LogP contribution in [-0.2, 0) is 16.0 Å². The number of aryl methyl sites for hydroxylation is 1. The van der Waals surface area contributed by atoms with Gasteiger partial charge in [-0.3, -0.25) is 9.69 Å². The number of rotatable bonds is 6. The normalized spacial score (nSPS) is 22.0. The Hall–Kier alpha value is -1.59. The van der Waals surface area contributed by atoms with Gasteiger partial charge in [0.15, 0.2) is 0 Å². The predicted octanol–water partition coefficient (Wildman–Crippen LogP) is 2.73. The summed E-state index contributed by atoms with van der Waals surface area (Å²) in [5, 5.41) is 0. The molecule has 0 bridgehead atoms. The zero-order valence-corrected chi connectivity index (χ0v) is 16.0. The van der Waals surface area contributed by atoms with Gasteiger partial charge < -0.3 is 14.4 Å². The minimum Gasteiger partial charge on any atom is -0.497 e. The number of ether oxygens (including phenoxy) is 2. The van der Waals surface area contributed by atoms with E-state index in [4.69, 9.17) is 9.47 Å². The molecule has 2 aliphatic heterocycles. The SMILES string of the molecule is COc1ccc(CCC(=O)N2CCCCCC2CN2CCOCC2)cc1. The Bertz CT molecular complexity index is 555. The number of benzene rings is 1. The Morgan fingerprint density at radius 1 is 1.12 bits per heavy atom. The third-order valence-electron chi connectivity index (χ3n) is 5.56. The van der Waals surface area contributed by atoms with Crippen LogP contribution in [0.4, 0.5) is 0 Å². The number of nitrogens with zero attached hydrogens (tertiary/aromatic N) is 2. The van der Waals surface area contributed by atoms with E-state index in [0.29, 0.717) is 18.4 Å². The van der Waals surface area contributed by atoms with Gasteiger partial charge in [0, 0.05) is 38.6 Å². The van der Waals surface area contributed by atoms with Crippen molar-refractivity contribution in [2.24, 2.45) is 0 Å². The molecule has 144 valence electrons. The smallest absolute Gasteiger partial charge is 0.223 e. The van der Waals surface area contributed by atoms with Crippen LogP contribution >= 0.6 is 0 Å². The van der Waals surface area contributed by atoms with Crippen molar-refractivity contribution in [2.75, 3.05) is 46.5 Å². The third kappa shape index (κ3) is 5.45. The monoisotopic (exact) mass is 360 g/mol. The van der Waals surface area contributed by atoms with Crippen molar-refractivity contribution in [1.82, 2.24) is 9.80 Å². The molecule has 3 rings (SSSR count). The summed E-state index contributed by atoms with van der Waals surface area (Å²) < 4.78 is 10.7. The Morgan fingerprint density at radius 2 is 1.88 bits per heavy atom. The molecule has 2 heterocycles. The summed E-state index contributed by atoms with van der Waals surface area (Å²) in [7, 11) is 1.67. The van der Waals surface area contributed by atoms with Gasteiger partial charge in [0.05, 0.1) is 20.3 Å². The Labute approximate surface area is 157 Å². The average Bonchev–Trinajstić information content (AvgIpc) is 2.93. The van der Waals surface area contributed by atoms with Crippen LogP contribution in [0.2, 0.25) is 0 Å². The number of carbonyl (C=O) groups excluding carboxylic acids is 1. The van der Waals surface area contributed by atoms with Gasteiger partial charge in [-0.15, -0.1) is 0 Å². The van der Waals surface area contributed by atoms with Crippen molar-refractivity contribution < 1.29 is 14.3 Å². The van der Waals surface area contributed by atoms with Gasteiger partial charge in [0.2, 0.25) is 5.91 Å². The highest BCUT2D eigenvalue weighted by Gasteiger charge is 2.27. The largest absolute Gasteiger partial charge is 0.497 e. The summed E-state index contributed by atoms with van der Waals surface area (Å²) in [5.41, 5.74) is 1.19. The van der Waals surface area contributed by atoms with Crippen LogP contribution in [0.25, 0.3) is 0 Å². The minimum absolute atomic E-state index is 0.306. The molecule has 0 spiro atoms. The van der Waals surface area contributed by atoms with Crippen LogP contribution < -0.4 is 4.74 Å². The molecule has 1 atom stereocenters. The highest BCUT2D eigenvalue weighted by atomic mass is 16.5. The summed E-state index contributed by atoms with van der Waals surface area (Å²) in [6.45, 7) is 5.53. The van der Waals surface area contributed by atoms with E-state index in [1.54, 1.807) is 7.11 Å². The van der Waals surface area contributed by atoms with Gasteiger partial charge in [-0.2, -0.15) is 0 Å². The molecule has 1 unspecified atom stereocenters. The van der Waals surface area contributed by atoms with Crippen molar-refractivity contribution in [3.63, 3.8) is 0 Å². The first-order valence-corrected chi connectivity index (χ1v) is 9.99. The van der Waals surface area contributed by atoms with Crippen LogP contribution in [0.5, 0.6) is 5.75 Å². The second-order valence-corrected chi connectivity index (χ2v) is 7.35. The number of amides is 1. The number of carbonyl (C=O) groups is 1. The maximum absolute atomic E-state index is 13.0. The molecule has 1 amide bonds. The lowest BCUT2D eigenvalue weighted by molar-refractivity contribution is -0.134. The summed E-state index contributed by atoms with van der Waals surface area (Å²) >= 11 is 0. The molecule has 2 aliphatic rings. The maximum atomic E-state index is 13.0. The first kappa shape index (κ1) is 19.2. The molecule has 5 heteroatoms. The summed E-state index contributed by atoms with van der Waals surface area (Å²) in [5.74, 6) is 1.17. The molecule has 1 aromatic carbocycles. The number of likely N-dealkylation sites (tertiary alicyclic amines) is 1.